The molecule has 0 saturated carbocycles. The van der Waals surface area contributed by atoms with Crippen molar-refractivity contribution in [1.29, 1.82) is 0 Å². The lowest BCUT2D eigenvalue weighted by atomic mass is 10.00. The topological polar surface area (TPSA) is 74.2 Å². The quantitative estimate of drug-likeness (QED) is 0.893. The Balaban J connectivity index is 2.15. The molecule has 0 radical (unpaired) electrons. The molecule has 1 heterocycles. The first kappa shape index (κ1) is 13.5. The fourth-order valence-electron chi connectivity index (χ4n) is 1.67. The van der Waals surface area contributed by atoms with E-state index in [0.29, 0.717) is 18.1 Å². The number of ether oxygens (including phenoxy) is 1. The molecule has 19 heavy (non-hydrogen) atoms. The highest BCUT2D eigenvalue weighted by Gasteiger charge is 2.25. The van der Waals surface area contributed by atoms with Crippen LogP contribution in [0.2, 0.25) is 0 Å². The molecule has 1 aromatic carbocycles. The largest absolute Gasteiger partial charge is 0.497 e. The first-order chi connectivity index (χ1) is 9.05. The maximum absolute atomic E-state index is 6.08. The molecule has 0 amide bonds. The third-order valence-electron chi connectivity index (χ3n) is 3.20. The van der Waals surface area contributed by atoms with E-state index in [2.05, 4.69) is 10.1 Å². The van der Waals surface area contributed by atoms with Crippen LogP contribution >= 0.6 is 0 Å². The number of hydrogen-bond donors (Lipinski definition) is 1. The van der Waals surface area contributed by atoms with Crippen molar-refractivity contribution in [2.75, 3.05) is 7.11 Å². The zero-order valence-electron chi connectivity index (χ0n) is 11.5. The van der Waals surface area contributed by atoms with Gasteiger partial charge in [-0.1, -0.05) is 24.2 Å². The van der Waals surface area contributed by atoms with Gasteiger partial charge >= 0.3 is 0 Å². The van der Waals surface area contributed by atoms with Gasteiger partial charge < -0.3 is 15.0 Å². The van der Waals surface area contributed by atoms with Crippen molar-refractivity contribution >= 4 is 0 Å². The van der Waals surface area contributed by atoms with Gasteiger partial charge in [0, 0.05) is 0 Å². The van der Waals surface area contributed by atoms with Gasteiger partial charge in [0.2, 0.25) is 5.89 Å². The van der Waals surface area contributed by atoms with E-state index >= 15 is 0 Å². The molecule has 0 aliphatic heterocycles. The molecule has 2 N–H and O–H groups in total. The normalized spacial score (nSPS) is 14.1. The van der Waals surface area contributed by atoms with Crippen LogP contribution in [0.3, 0.4) is 0 Å². The van der Waals surface area contributed by atoms with Crippen LogP contribution in [-0.2, 0) is 12.0 Å². The van der Waals surface area contributed by atoms with E-state index in [-0.39, 0.29) is 0 Å². The molecule has 0 aliphatic carbocycles. The lowest BCUT2D eigenvalue weighted by Crippen LogP contribution is -2.33. The van der Waals surface area contributed by atoms with Crippen LogP contribution in [0.1, 0.15) is 37.5 Å². The number of hydrogen-bond acceptors (Lipinski definition) is 5. The highest BCUT2D eigenvalue weighted by atomic mass is 16.5. The van der Waals surface area contributed by atoms with E-state index in [0.717, 1.165) is 17.7 Å². The first-order valence-electron chi connectivity index (χ1n) is 6.30. The molecule has 1 aromatic heterocycles. The molecular formula is C14H19N3O2. The van der Waals surface area contributed by atoms with Gasteiger partial charge in [-0.2, -0.15) is 4.98 Å². The summed E-state index contributed by atoms with van der Waals surface area (Å²) in [6, 6.07) is 7.78. The smallest absolute Gasteiger partial charge is 0.231 e. The third-order valence-corrected chi connectivity index (χ3v) is 3.20. The second-order valence-electron chi connectivity index (χ2n) is 4.81. The Morgan fingerprint density at radius 3 is 2.89 bits per heavy atom. The molecule has 102 valence electrons. The molecular weight excluding hydrogens is 242 g/mol. The lowest BCUT2D eigenvalue weighted by molar-refractivity contribution is 0.355. The SMILES string of the molecule is CCC(C)(N)c1noc(Cc2cccc(OC)c2)n1. The van der Waals surface area contributed by atoms with Crippen molar-refractivity contribution in [1.82, 2.24) is 10.1 Å². The summed E-state index contributed by atoms with van der Waals surface area (Å²) in [7, 11) is 1.64. The summed E-state index contributed by atoms with van der Waals surface area (Å²) in [6.45, 7) is 3.89. The summed E-state index contributed by atoms with van der Waals surface area (Å²) < 4.78 is 10.4. The molecule has 0 bridgehead atoms. The average Bonchev–Trinajstić information content (AvgIpc) is 2.88. The van der Waals surface area contributed by atoms with Gasteiger partial charge in [-0.25, -0.2) is 0 Å². The zero-order valence-corrected chi connectivity index (χ0v) is 11.5. The van der Waals surface area contributed by atoms with Crippen LogP contribution in [0.25, 0.3) is 0 Å². The van der Waals surface area contributed by atoms with E-state index in [9.17, 15) is 0 Å². The fourth-order valence-corrected chi connectivity index (χ4v) is 1.67. The third kappa shape index (κ3) is 3.12. The molecule has 0 spiro atoms. The predicted molar refractivity (Wildman–Crippen MR) is 71.9 cm³/mol. The molecule has 5 nitrogen and oxygen atoms in total. The van der Waals surface area contributed by atoms with Crippen LogP contribution in [0.15, 0.2) is 28.8 Å². The van der Waals surface area contributed by atoms with Crippen molar-refractivity contribution < 1.29 is 9.26 Å². The number of nitrogens with two attached hydrogens (primary N) is 1. The predicted octanol–water partition coefficient (Wildman–Crippen LogP) is 2.25. The van der Waals surface area contributed by atoms with Crippen LogP contribution in [0, 0.1) is 0 Å². The van der Waals surface area contributed by atoms with Gasteiger partial charge in [-0.05, 0) is 31.0 Å². The molecule has 1 atom stereocenters. The molecule has 0 aliphatic rings. The van der Waals surface area contributed by atoms with Gasteiger partial charge in [0.25, 0.3) is 0 Å². The van der Waals surface area contributed by atoms with E-state index in [1.807, 2.05) is 38.1 Å². The van der Waals surface area contributed by atoms with Gasteiger partial charge in [0.05, 0.1) is 19.1 Å². The van der Waals surface area contributed by atoms with E-state index in [1.165, 1.54) is 0 Å². The fraction of sp³-hybridized carbons (Fsp3) is 0.429. The van der Waals surface area contributed by atoms with Crippen molar-refractivity contribution in [3.05, 3.63) is 41.5 Å². The van der Waals surface area contributed by atoms with Crippen LogP contribution < -0.4 is 10.5 Å². The number of benzene rings is 1. The number of aromatic nitrogens is 2. The molecule has 0 saturated heterocycles. The van der Waals surface area contributed by atoms with E-state index < -0.39 is 5.54 Å². The second kappa shape index (κ2) is 5.40. The molecule has 2 aromatic rings. The van der Waals surface area contributed by atoms with Gasteiger partial charge in [0.1, 0.15) is 5.75 Å². The Kier molecular flexibility index (Phi) is 3.85. The Morgan fingerprint density at radius 2 is 2.21 bits per heavy atom. The van der Waals surface area contributed by atoms with Crippen molar-refractivity contribution in [3.63, 3.8) is 0 Å². The maximum atomic E-state index is 6.08. The van der Waals surface area contributed by atoms with Gasteiger partial charge in [0.15, 0.2) is 5.82 Å². The van der Waals surface area contributed by atoms with Crippen molar-refractivity contribution in [3.8, 4) is 5.75 Å². The lowest BCUT2D eigenvalue weighted by Gasteiger charge is -2.16. The highest BCUT2D eigenvalue weighted by molar-refractivity contribution is 5.29. The first-order valence-corrected chi connectivity index (χ1v) is 6.30. The summed E-state index contributed by atoms with van der Waals surface area (Å²) in [5.74, 6) is 1.93. The zero-order chi connectivity index (χ0) is 13.9. The number of methoxy groups -OCH3 is 1. The van der Waals surface area contributed by atoms with E-state index in [1.54, 1.807) is 7.11 Å². The maximum Gasteiger partial charge on any atom is 0.231 e. The van der Waals surface area contributed by atoms with Crippen LogP contribution in [-0.4, -0.2) is 17.3 Å². The van der Waals surface area contributed by atoms with Gasteiger partial charge in [-0.15, -0.1) is 0 Å². The standard InChI is InChI=1S/C14H19N3O2/c1-4-14(2,15)13-16-12(19-17-13)9-10-6-5-7-11(8-10)18-3/h5-8H,4,9,15H2,1-3H3. The van der Waals surface area contributed by atoms with Gasteiger partial charge in [-0.3, -0.25) is 0 Å². The second-order valence-corrected chi connectivity index (χ2v) is 4.81. The minimum atomic E-state index is -0.546. The summed E-state index contributed by atoms with van der Waals surface area (Å²) in [5, 5.41) is 3.96. The van der Waals surface area contributed by atoms with E-state index in [4.69, 9.17) is 15.0 Å². The Bertz CT molecular complexity index is 549. The summed E-state index contributed by atoms with van der Waals surface area (Å²) in [6.07, 6.45) is 1.33. The van der Waals surface area contributed by atoms with Crippen molar-refractivity contribution in [2.24, 2.45) is 5.73 Å². The summed E-state index contributed by atoms with van der Waals surface area (Å²) in [4.78, 5) is 4.36. The number of rotatable bonds is 5. The minimum Gasteiger partial charge on any atom is -0.497 e. The molecule has 1 unspecified atom stereocenters. The molecule has 5 heteroatoms. The molecule has 2 rings (SSSR count). The number of nitrogens with zero attached hydrogens (tertiary/aromatic N) is 2. The Morgan fingerprint density at radius 1 is 1.42 bits per heavy atom. The Hall–Kier alpha value is -1.88. The monoisotopic (exact) mass is 261 g/mol. The van der Waals surface area contributed by atoms with Crippen LogP contribution in [0.5, 0.6) is 5.75 Å². The average molecular weight is 261 g/mol. The Labute approximate surface area is 112 Å². The van der Waals surface area contributed by atoms with Crippen molar-refractivity contribution in [2.45, 2.75) is 32.2 Å². The summed E-state index contributed by atoms with van der Waals surface area (Å²) in [5.41, 5.74) is 6.60. The van der Waals surface area contributed by atoms with Crippen LogP contribution in [0.4, 0.5) is 0 Å². The summed E-state index contributed by atoms with van der Waals surface area (Å²) >= 11 is 0. The highest BCUT2D eigenvalue weighted by Crippen LogP contribution is 2.20. The molecule has 0 fully saturated rings. The minimum absolute atomic E-state index is 0.546.